The number of unbranched alkanes of at least 4 members (excludes halogenated alkanes) is 2. The molecule has 0 nitrogen and oxygen atoms in total. The largest absolute Gasteiger partial charge is 0.206 e. The van der Waals surface area contributed by atoms with Crippen molar-refractivity contribution in [1.82, 2.24) is 0 Å². The minimum Gasteiger partial charge on any atom is -0.206 e. The van der Waals surface area contributed by atoms with Crippen molar-refractivity contribution in [3.63, 3.8) is 0 Å². The van der Waals surface area contributed by atoms with Crippen molar-refractivity contribution < 1.29 is 4.39 Å². The molecule has 2 aliphatic carbocycles. The van der Waals surface area contributed by atoms with Crippen molar-refractivity contribution in [1.29, 1.82) is 0 Å². The van der Waals surface area contributed by atoms with Crippen molar-refractivity contribution in [2.45, 2.75) is 117 Å². The van der Waals surface area contributed by atoms with Crippen LogP contribution in [0.5, 0.6) is 0 Å². The molecule has 192 valence electrons. The third kappa shape index (κ3) is 7.43. The van der Waals surface area contributed by atoms with Crippen LogP contribution in [0.15, 0.2) is 42.5 Å². The molecule has 0 aromatic heterocycles. The molecule has 0 unspecified atom stereocenters. The maximum atomic E-state index is 15.0. The van der Waals surface area contributed by atoms with E-state index in [-0.39, 0.29) is 5.82 Å². The quantitative estimate of drug-likeness (QED) is 0.223. The Hall–Kier alpha value is -1.63. The van der Waals surface area contributed by atoms with E-state index in [2.05, 4.69) is 31.2 Å². The summed E-state index contributed by atoms with van der Waals surface area (Å²) in [6, 6.07) is 10.5. The summed E-state index contributed by atoms with van der Waals surface area (Å²) in [6.45, 7) is 4.34. The zero-order valence-electron chi connectivity index (χ0n) is 22.5. The summed E-state index contributed by atoms with van der Waals surface area (Å²) in [6.07, 6.45) is 25.8. The molecule has 0 spiro atoms. The van der Waals surface area contributed by atoms with Gasteiger partial charge in [0.15, 0.2) is 0 Å². The van der Waals surface area contributed by atoms with Gasteiger partial charge in [0.1, 0.15) is 5.82 Å². The lowest BCUT2D eigenvalue weighted by Crippen LogP contribution is -2.26. The van der Waals surface area contributed by atoms with Crippen LogP contribution in [0.25, 0.3) is 10.8 Å². The monoisotopic (exact) mass is 476 g/mol. The predicted octanol–water partition coefficient (Wildman–Crippen LogP) is 10.6. The topological polar surface area (TPSA) is 0 Å². The normalized spacial score (nSPS) is 25.5. The Kier molecular flexibility index (Phi) is 10.3. The summed E-state index contributed by atoms with van der Waals surface area (Å²) in [5.41, 5.74) is 2.21. The second kappa shape index (κ2) is 13.6. The first-order valence-electron chi connectivity index (χ1n) is 15.0. The molecule has 1 heteroatoms. The fourth-order valence-corrected chi connectivity index (χ4v) is 7.09. The van der Waals surface area contributed by atoms with Gasteiger partial charge in [0.05, 0.1) is 0 Å². The third-order valence-electron chi connectivity index (χ3n) is 9.42. The number of allylic oxidation sites excluding steroid dienone is 2. The molecule has 2 saturated carbocycles. The maximum absolute atomic E-state index is 15.0. The van der Waals surface area contributed by atoms with Crippen LogP contribution < -0.4 is 0 Å². The number of hydrogen-bond acceptors (Lipinski definition) is 0. The standard InChI is InChI=1S/C34H49F/c1-3-5-7-9-26-13-18-29(19-14-26)30-20-15-27(16-21-30)11-12-28-17-24-33-32(25-28)23-22-31(34(33)35)10-8-6-4-2/h4,6,17,22-27,29-30H,3,5,7-16,18-21H2,1-2H3/b6-4+. The lowest BCUT2D eigenvalue weighted by Gasteiger charge is -2.38. The Bertz CT molecular complexity index is 925. The molecule has 2 fully saturated rings. The second-order valence-corrected chi connectivity index (χ2v) is 11.8. The van der Waals surface area contributed by atoms with Crippen molar-refractivity contribution >= 4 is 10.8 Å². The van der Waals surface area contributed by atoms with Crippen molar-refractivity contribution in [2.75, 3.05) is 0 Å². The highest BCUT2D eigenvalue weighted by Crippen LogP contribution is 2.43. The zero-order chi connectivity index (χ0) is 24.5. The molecular formula is C34H49F. The number of hydrogen-bond donors (Lipinski definition) is 0. The van der Waals surface area contributed by atoms with Gasteiger partial charge in [-0.25, -0.2) is 4.39 Å². The molecule has 0 atom stereocenters. The summed E-state index contributed by atoms with van der Waals surface area (Å²) in [7, 11) is 0. The van der Waals surface area contributed by atoms with E-state index in [1.807, 2.05) is 25.1 Å². The van der Waals surface area contributed by atoms with E-state index in [0.29, 0.717) is 0 Å². The molecule has 0 N–H and O–H groups in total. The molecule has 4 rings (SSSR count). The molecular weight excluding hydrogens is 427 g/mol. The van der Waals surface area contributed by atoms with Gasteiger partial charge in [0.25, 0.3) is 0 Å². The number of aryl methyl sites for hydroxylation is 2. The Morgan fingerprint density at radius 1 is 0.800 bits per heavy atom. The molecule has 2 aromatic carbocycles. The SMILES string of the molecule is C/C=C/CCc1ccc2cc(CCC3CCC(C4CCC(CCCCC)CC4)CC3)ccc2c1F. The highest BCUT2D eigenvalue weighted by Gasteiger charge is 2.30. The van der Waals surface area contributed by atoms with E-state index in [4.69, 9.17) is 0 Å². The van der Waals surface area contributed by atoms with Gasteiger partial charge in [0, 0.05) is 5.39 Å². The van der Waals surface area contributed by atoms with Crippen LogP contribution in [0, 0.1) is 29.5 Å². The van der Waals surface area contributed by atoms with E-state index in [1.54, 1.807) is 0 Å². The van der Waals surface area contributed by atoms with Gasteiger partial charge in [-0.05, 0) is 98.5 Å². The van der Waals surface area contributed by atoms with Crippen LogP contribution in [-0.4, -0.2) is 0 Å². The molecule has 0 heterocycles. The molecule has 0 amide bonds. The van der Waals surface area contributed by atoms with Gasteiger partial charge in [-0.1, -0.05) is 101 Å². The molecule has 0 aliphatic heterocycles. The zero-order valence-corrected chi connectivity index (χ0v) is 22.5. The van der Waals surface area contributed by atoms with Gasteiger partial charge in [-0.15, -0.1) is 0 Å². The Morgan fingerprint density at radius 3 is 2.14 bits per heavy atom. The van der Waals surface area contributed by atoms with Crippen LogP contribution >= 0.6 is 0 Å². The predicted molar refractivity (Wildman–Crippen MR) is 150 cm³/mol. The summed E-state index contributed by atoms with van der Waals surface area (Å²) < 4.78 is 15.0. The summed E-state index contributed by atoms with van der Waals surface area (Å²) >= 11 is 0. The Labute approximate surface area is 214 Å². The molecule has 2 aliphatic rings. The lowest BCUT2D eigenvalue weighted by molar-refractivity contribution is 0.140. The second-order valence-electron chi connectivity index (χ2n) is 11.8. The molecule has 0 bridgehead atoms. The van der Waals surface area contributed by atoms with Crippen LogP contribution in [0.4, 0.5) is 4.39 Å². The maximum Gasteiger partial charge on any atom is 0.134 e. The number of rotatable bonds is 11. The lowest BCUT2D eigenvalue weighted by atomic mass is 9.68. The third-order valence-corrected chi connectivity index (χ3v) is 9.42. The number of benzene rings is 2. The molecule has 0 radical (unpaired) electrons. The molecule has 2 aromatic rings. The fourth-order valence-electron chi connectivity index (χ4n) is 7.09. The van der Waals surface area contributed by atoms with E-state index in [9.17, 15) is 4.39 Å². The van der Waals surface area contributed by atoms with Gasteiger partial charge in [0.2, 0.25) is 0 Å². The highest BCUT2D eigenvalue weighted by atomic mass is 19.1. The number of fused-ring (bicyclic) bond motifs is 1. The first-order chi connectivity index (χ1) is 17.2. The summed E-state index contributed by atoms with van der Waals surface area (Å²) in [5, 5.41) is 1.84. The minimum atomic E-state index is -0.0214. The van der Waals surface area contributed by atoms with Crippen LogP contribution in [0.1, 0.15) is 115 Å². The fraction of sp³-hybridized carbons (Fsp3) is 0.647. The van der Waals surface area contributed by atoms with E-state index < -0.39 is 0 Å². The number of halogens is 1. The average molecular weight is 477 g/mol. The average Bonchev–Trinajstić information content (AvgIpc) is 2.90. The van der Waals surface area contributed by atoms with E-state index >= 15 is 0 Å². The minimum absolute atomic E-state index is 0.0214. The van der Waals surface area contributed by atoms with Gasteiger partial charge < -0.3 is 0 Å². The molecule has 35 heavy (non-hydrogen) atoms. The van der Waals surface area contributed by atoms with Gasteiger partial charge in [-0.3, -0.25) is 0 Å². The Morgan fingerprint density at radius 2 is 1.49 bits per heavy atom. The van der Waals surface area contributed by atoms with Crippen molar-refractivity contribution in [3.05, 3.63) is 59.4 Å². The van der Waals surface area contributed by atoms with Gasteiger partial charge in [-0.2, -0.15) is 0 Å². The first kappa shape index (κ1) is 26.4. The van der Waals surface area contributed by atoms with Crippen molar-refractivity contribution in [3.8, 4) is 0 Å². The van der Waals surface area contributed by atoms with Crippen molar-refractivity contribution in [2.24, 2.45) is 23.7 Å². The highest BCUT2D eigenvalue weighted by molar-refractivity contribution is 5.84. The Balaban J connectivity index is 1.21. The van der Waals surface area contributed by atoms with Crippen LogP contribution in [0.2, 0.25) is 0 Å². The van der Waals surface area contributed by atoms with E-state index in [1.165, 1.54) is 89.0 Å². The summed E-state index contributed by atoms with van der Waals surface area (Å²) in [5.74, 6) is 3.93. The van der Waals surface area contributed by atoms with E-state index in [0.717, 1.165) is 59.3 Å². The first-order valence-corrected chi connectivity index (χ1v) is 15.0. The smallest absolute Gasteiger partial charge is 0.134 e. The van der Waals surface area contributed by atoms with Crippen LogP contribution in [-0.2, 0) is 12.8 Å². The molecule has 0 saturated heterocycles. The van der Waals surface area contributed by atoms with Gasteiger partial charge >= 0.3 is 0 Å². The van der Waals surface area contributed by atoms with Crippen LogP contribution in [0.3, 0.4) is 0 Å². The summed E-state index contributed by atoms with van der Waals surface area (Å²) in [4.78, 5) is 0.